The van der Waals surface area contributed by atoms with Crippen LogP contribution in [0.4, 0.5) is 0 Å². The number of hydrogen-bond acceptors (Lipinski definition) is 3. The molecule has 1 rings (SSSR count). The van der Waals surface area contributed by atoms with Crippen LogP contribution in [0.3, 0.4) is 0 Å². The van der Waals surface area contributed by atoms with E-state index in [1.807, 2.05) is 6.92 Å². The molecular formula is C12H12Cl2O4. The molecule has 1 aromatic rings. The van der Waals surface area contributed by atoms with E-state index in [-0.39, 0.29) is 21.6 Å². The van der Waals surface area contributed by atoms with Crippen molar-refractivity contribution in [3.05, 3.63) is 27.7 Å². The number of ketones is 1. The van der Waals surface area contributed by atoms with Gasteiger partial charge in [0, 0.05) is 12.0 Å². The van der Waals surface area contributed by atoms with Gasteiger partial charge in [-0.25, -0.2) is 4.79 Å². The van der Waals surface area contributed by atoms with Crippen LogP contribution in [0.15, 0.2) is 12.1 Å². The molecule has 98 valence electrons. The summed E-state index contributed by atoms with van der Waals surface area (Å²) < 4.78 is 4.95. The zero-order valence-corrected chi connectivity index (χ0v) is 11.2. The molecule has 0 aromatic heterocycles. The van der Waals surface area contributed by atoms with E-state index in [9.17, 15) is 9.59 Å². The average molecular weight is 291 g/mol. The summed E-state index contributed by atoms with van der Waals surface area (Å²) in [5, 5.41) is 8.64. The maximum absolute atomic E-state index is 11.7. The number of Topliss-reactive ketones (excluding diaryl/α,β-unsaturated/α-hetero) is 1. The molecule has 0 aliphatic rings. The Morgan fingerprint density at radius 2 is 1.94 bits per heavy atom. The molecule has 0 fully saturated rings. The van der Waals surface area contributed by atoms with Crippen molar-refractivity contribution in [3.8, 4) is 5.75 Å². The van der Waals surface area contributed by atoms with Gasteiger partial charge >= 0.3 is 5.97 Å². The molecule has 0 radical (unpaired) electrons. The summed E-state index contributed by atoms with van der Waals surface area (Å²) in [5.74, 6) is -1.07. The maximum atomic E-state index is 11.7. The van der Waals surface area contributed by atoms with E-state index in [4.69, 9.17) is 33.0 Å². The number of carbonyl (C=O) groups excluding carboxylic acids is 1. The van der Waals surface area contributed by atoms with Crippen LogP contribution in [0, 0.1) is 0 Å². The molecule has 0 atom stereocenters. The SMILES string of the molecule is CCCC(=O)c1ccc(OCC(=O)O)c(Cl)c1Cl. The number of carboxylic acid groups (broad SMARTS) is 1. The van der Waals surface area contributed by atoms with E-state index in [2.05, 4.69) is 0 Å². The molecular weight excluding hydrogens is 279 g/mol. The number of carboxylic acids is 1. The monoisotopic (exact) mass is 290 g/mol. The van der Waals surface area contributed by atoms with Crippen molar-refractivity contribution in [1.82, 2.24) is 0 Å². The summed E-state index contributed by atoms with van der Waals surface area (Å²) in [7, 11) is 0. The molecule has 0 amide bonds. The highest BCUT2D eigenvalue weighted by Gasteiger charge is 2.16. The summed E-state index contributed by atoms with van der Waals surface area (Å²) >= 11 is 11.9. The van der Waals surface area contributed by atoms with Crippen LogP contribution in [0.25, 0.3) is 0 Å². The smallest absolute Gasteiger partial charge is 0.341 e. The number of rotatable bonds is 6. The lowest BCUT2D eigenvalue weighted by Gasteiger charge is -2.09. The Hall–Kier alpha value is -1.26. The van der Waals surface area contributed by atoms with Gasteiger partial charge in [-0.1, -0.05) is 30.1 Å². The van der Waals surface area contributed by atoms with Crippen LogP contribution in [-0.4, -0.2) is 23.5 Å². The molecule has 0 saturated carbocycles. The third-order valence-corrected chi connectivity index (χ3v) is 3.04. The summed E-state index contributed by atoms with van der Waals surface area (Å²) in [5.41, 5.74) is 0.325. The van der Waals surface area contributed by atoms with Crippen molar-refractivity contribution >= 4 is 35.0 Å². The van der Waals surface area contributed by atoms with Crippen molar-refractivity contribution in [2.75, 3.05) is 6.61 Å². The van der Waals surface area contributed by atoms with E-state index in [1.54, 1.807) is 0 Å². The Balaban J connectivity index is 2.97. The van der Waals surface area contributed by atoms with Crippen molar-refractivity contribution in [3.63, 3.8) is 0 Å². The van der Waals surface area contributed by atoms with Crippen molar-refractivity contribution < 1.29 is 19.4 Å². The Kier molecular flexibility index (Phi) is 5.44. The molecule has 0 aliphatic carbocycles. The molecule has 18 heavy (non-hydrogen) atoms. The number of benzene rings is 1. The van der Waals surface area contributed by atoms with Gasteiger partial charge in [-0.05, 0) is 18.6 Å². The second kappa shape index (κ2) is 6.61. The number of carbonyl (C=O) groups is 2. The minimum atomic E-state index is -1.12. The summed E-state index contributed by atoms with van der Waals surface area (Å²) in [6.45, 7) is 1.37. The molecule has 4 nitrogen and oxygen atoms in total. The second-order valence-corrected chi connectivity index (χ2v) is 4.35. The van der Waals surface area contributed by atoms with E-state index >= 15 is 0 Å². The van der Waals surface area contributed by atoms with Crippen LogP contribution in [0.1, 0.15) is 30.1 Å². The van der Waals surface area contributed by atoms with E-state index < -0.39 is 12.6 Å². The molecule has 0 spiro atoms. The Morgan fingerprint density at radius 3 is 2.50 bits per heavy atom. The lowest BCUT2D eigenvalue weighted by molar-refractivity contribution is -0.139. The van der Waals surface area contributed by atoms with Gasteiger partial charge in [-0.2, -0.15) is 0 Å². The molecule has 1 aromatic carbocycles. The van der Waals surface area contributed by atoms with Crippen molar-refractivity contribution in [2.24, 2.45) is 0 Å². The largest absolute Gasteiger partial charge is 0.480 e. The normalized spacial score (nSPS) is 10.2. The van der Waals surface area contributed by atoms with Crippen LogP contribution >= 0.6 is 23.2 Å². The standard InChI is InChI=1S/C12H12Cl2O4/c1-2-3-8(15)7-4-5-9(12(14)11(7)13)18-6-10(16)17/h4-5H,2-3,6H2,1H3,(H,16,17). The lowest BCUT2D eigenvalue weighted by Crippen LogP contribution is -2.10. The molecule has 0 heterocycles. The van der Waals surface area contributed by atoms with Crippen LogP contribution in [-0.2, 0) is 4.79 Å². The van der Waals surface area contributed by atoms with Crippen molar-refractivity contribution in [2.45, 2.75) is 19.8 Å². The fourth-order valence-electron chi connectivity index (χ4n) is 1.36. The highest BCUT2D eigenvalue weighted by molar-refractivity contribution is 6.44. The fraction of sp³-hybridized carbons (Fsp3) is 0.333. The minimum absolute atomic E-state index is 0.0554. The maximum Gasteiger partial charge on any atom is 0.341 e. The van der Waals surface area contributed by atoms with Crippen LogP contribution < -0.4 is 4.74 Å². The molecule has 0 saturated heterocycles. The summed E-state index contributed by atoms with van der Waals surface area (Å²) in [6.07, 6.45) is 1.09. The van der Waals surface area contributed by atoms with E-state index in [0.717, 1.165) is 0 Å². The Bertz CT molecular complexity index is 471. The first-order chi connectivity index (χ1) is 8.47. The zero-order chi connectivity index (χ0) is 13.7. The van der Waals surface area contributed by atoms with Gasteiger partial charge in [-0.15, -0.1) is 0 Å². The summed E-state index contributed by atoms with van der Waals surface area (Å²) in [6, 6.07) is 2.93. The first-order valence-corrected chi connectivity index (χ1v) is 6.08. The predicted octanol–water partition coefficient (Wildman–Crippen LogP) is 3.44. The number of hydrogen-bond donors (Lipinski definition) is 1. The van der Waals surface area contributed by atoms with Gasteiger partial charge in [0.15, 0.2) is 12.4 Å². The number of ether oxygens (including phenoxy) is 1. The predicted molar refractivity (Wildman–Crippen MR) is 68.8 cm³/mol. The molecule has 0 aliphatic heterocycles. The minimum Gasteiger partial charge on any atom is -0.480 e. The van der Waals surface area contributed by atoms with Crippen LogP contribution in [0.2, 0.25) is 10.0 Å². The summed E-state index contributed by atoms with van der Waals surface area (Å²) in [4.78, 5) is 22.1. The highest BCUT2D eigenvalue weighted by atomic mass is 35.5. The average Bonchev–Trinajstić information content (AvgIpc) is 2.31. The second-order valence-electron chi connectivity index (χ2n) is 3.59. The first-order valence-electron chi connectivity index (χ1n) is 5.33. The van der Waals surface area contributed by atoms with Gasteiger partial charge in [0.1, 0.15) is 10.8 Å². The van der Waals surface area contributed by atoms with Crippen molar-refractivity contribution in [1.29, 1.82) is 0 Å². The van der Waals surface area contributed by atoms with Gasteiger partial charge in [0.25, 0.3) is 0 Å². The third kappa shape index (κ3) is 3.62. The van der Waals surface area contributed by atoms with Gasteiger partial charge in [0.2, 0.25) is 0 Å². The third-order valence-electron chi connectivity index (χ3n) is 2.18. The highest BCUT2D eigenvalue weighted by Crippen LogP contribution is 2.35. The van der Waals surface area contributed by atoms with Crippen LogP contribution in [0.5, 0.6) is 5.75 Å². The lowest BCUT2D eigenvalue weighted by atomic mass is 10.1. The molecule has 1 N–H and O–H groups in total. The number of aliphatic carboxylic acids is 1. The fourth-order valence-corrected chi connectivity index (χ4v) is 1.84. The molecule has 0 unspecified atom stereocenters. The van der Waals surface area contributed by atoms with Gasteiger partial charge in [-0.3, -0.25) is 4.79 Å². The topological polar surface area (TPSA) is 63.6 Å². The molecule has 6 heteroatoms. The van der Waals surface area contributed by atoms with Gasteiger partial charge in [0.05, 0.1) is 5.02 Å². The number of halogens is 2. The quantitative estimate of drug-likeness (QED) is 0.815. The first kappa shape index (κ1) is 14.8. The Morgan fingerprint density at radius 1 is 1.28 bits per heavy atom. The zero-order valence-electron chi connectivity index (χ0n) is 9.70. The van der Waals surface area contributed by atoms with E-state index in [1.165, 1.54) is 12.1 Å². The Labute approximate surface area is 114 Å². The van der Waals surface area contributed by atoms with Gasteiger partial charge < -0.3 is 9.84 Å². The molecule has 0 bridgehead atoms. The van der Waals surface area contributed by atoms with E-state index in [0.29, 0.717) is 18.4 Å².